The Labute approximate surface area is 335 Å². The summed E-state index contributed by atoms with van der Waals surface area (Å²) < 4.78 is 21.1. The van der Waals surface area contributed by atoms with Gasteiger partial charge in [0, 0.05) is 11.1 Å². The zero-order valence-electron chi connectivity index (χ0n) is 37.6. The van der Waals surface area contributed by atoms with E-state index in [4.69, 9.17) is 13.6 Å². The lowest BCUT2D eigenvalue weighted by atomic mass is 9.76. The third-order valence-electron chi connectivity index (χ3n) is 10.6. The molecule has 55 heavy (non-hydrogen) atoms. The van der Waals surface area contributed by atoms with Crippen molar-refractivity contribution in [2.24, 2.45) is 0 Å². The van der Waals surface area contributed by atoms with Crippen LogP contribution in [-0.4, -0.2) is 0 Å². The summed E-state index contributed by atoms with van der Waals surface area (Å²) in [6, 6.07) is 26.9. The van der Waals surface area contributed by atoms with Gasteiger partial charge >= 0.3 is 8.60 Å². The van der Waals surface area contributed by atoms with E-state index in [0.717, 1.165) is 33.9 Å². The molecule has 0 fully saturated rings. The van der Waals surface area contributed by atoms with Crippen molar-refractivity contribution in [2.75, 3.05) is 0 Å². The van der Waals surface area contributed by atoms with Crippen molar-refractivity contribution in [2.45, 2.75) is 164 Å². The predicted molar refractivity (Wildman–Crippen MR) is 240 cm³/mol. The van der Waals surface area contributed by atoms with Gasteiger partial charge in [-0.1, -0.05) is 161 Å². The first kappa shape index (κ1) is 42.6. The van der Waals surface area contributed by atoms with Crippen LogP contribution in [-0.2, 0) is 32.5 Å². The number of benzene rings is 5. The first-order chi connectivity index (χ1) is 24.9. The van der Waals surface area contributed by atoms with Gasteiger partial charge in [-0.3, -0.25) is 0 Å². The summed E-state index contributed by atoms with van der Waals surface area (Å²) in [5.74, 6) is 2.30. The van der Waals surface area contributed by atoms with E-state index in [-0.39, 0.29) is 32.5 Å². The minimum absolute atomic E-state index is 0.0147. The minimum atomic E-state index is -1.96. The molecule has 0 aliphatic carbocycles. The van der Waals surface area contributed by atoms with Crippen molar-refractivity contribution in [3.8, 4) is 17.2 Å². The summed E-state index contributed by atoms with van der Waals surface area (Å²) in [5, 5.41) is 4.85. The highest BCUT2D eigenvalue weighted by atomic mass is 31.2. The molecular weight excluding hydrogens is 692 g/mol. The number of aryl methyl sites for hydroxylation is 1. The molecule has 5 aromatic carbocycles. The SMILES string of the molecule is Cc1cccc(OP(Oc2cc3c(C(C)(C)C)cc(C(C)(C)C)cc3cc2C(C)(C)C)Oc2cc3c(C(C)(C)C)cc(C(C)(C)C)cc3cc2C(C)(C)C)c1. The van der Waals surface area contributed by atoms with Gasteiger partial charge < -0.3 is 13.6 Å². The summed E-state index contributed by atoms with van der Waals surface area (Å²) in [6.45, 7) is 43.2. The largest absolute Gasteiger partial charge is 0.530 e. The van der Waals surface area contributed by atoms with E-state index in [1.807, 2.05) is 12.1 Å². The fraction of sp³-hybridized carbons (Fsp3) is 0.490. The number of rotatable bonds is 6. The van der Waals surface area contributed by atoms with E-state index in [0.29, 0.717) is 0 Å². The maximum Gasteiger partial charge on any atom is 0.530 e. The Morgan fingerprint density at radius 1 is 0.382 bits per heavy atom. The van der Waals surface area contributed by atoms with Gasteiger partial charge in [0.2, 0.25) is 0 Å². The average molecular weight is 761 g/mol. The third kappa shape index (κ3) is 9.71. The van der Waals surface area contributed by atoms with Crippen LogP contribution in [0.1, 0.15) is 164 Å². The smallest absolute Gasteiger partial charge is 0.408 e. The van der Waals surface area contributed by atoms with Crippen LogP contribution in [0, 0.1) is 6.92 Å². The monoisotopic (exact) mass is 760 g/mol. The molecule has 5 aromatic rings. The summed E-state index contributed by atoms with van der Waals surface area (Å²) in [5.41, 5.74) is 8.09. The Balaban J connectivity index is 1.77. The van der Waals surface area contributed by atoms with E-state index in [1.165, 1.54) is 43.8 Å². The Morgan fingerprint density at radius 2 is 0.764 bits per heavy atom. The van der Waals surface area contributed by atoms with E-state index in [2.05, 4.69) is 192 Å². The third-order valence-corrected chi connectivity index (χ3v) is 11.6. The molecule has 5 rings (SSSR count). The molecule has 0 aliphatic rings. The molecule has 0 aromatic heterocycles. The lowest BCUT2D eigenvalue weighted by Crippen LogP contribution is -2.19. The minimum Gasteiger partial charge on any atom is -0.408 e. The molecule has 3 nitrogen and oxygen atoms in total. The van der Waals surface area contributed by atoms with Crippen molar-refractivity contribution in [1.29, 1.82) is 0 Å². The molecule has 0 radical (unpaired) electrons. The zero-order chi connectivity index (χ0) is 41.3. The molecule has 296 valence electrons. The van der Waals surface area contributed by atoms with Crippen LogP contribution in [0.4, 0.5) is 0 Å². The van der Waals surface area contributed by atoms with Gasteiger partial charge in [0.25, 0.3) is 0 Å². The fourth-order valence-electron chi connectivity index (χ4n) is 7.19. The molecule has 0 heterocycles. The topological polar surface area (TPSA) is 27.7 Å². The second-order valence-electron chi connectivity index (χ2n) is 22.0. The van der Waals surface area contributed by atoms with E-state index < -0.39 is 8.60 Å². The van der Waals surface area contributed by atoms with Gasteiger partial charge in [-0.25, -0.2) is 0 Å². The number of hydrogen-bond donors (Lipinski definition) is 0. The summed E-state index contributed by atoms with van der Waals surface area (Å²) >= 11 is 0. The van der Waals surface area contributed by atoms with Gasteiger partial charge in [0.05, 0.1) is 0 Å². The van der Waals surface area contributed by atoms with Crippen LogP contribution in [0.5, 0.6) is 17.2 Å². The highest BCUT2D eigenvalue weighted by Gasteiger charge is 2.32. The molecule has 0 aliphatic heterocycles. The zero-order valence-corrected chi connectivity index (χ0v) is 38.5. The molecule has 0 amide bonds. The normalized spacial score (nSPS) is 13.5. The molecule has 0 saturated carbocycles. The summed E-state index contributed by atoms with van der Waals surface area (Å²) in [6.07, 6.45) is 0. The second kappa shape index (κ2) is 14.4. The summed E-state index contributed by atoms with van der Waals surface area (Å²) in [7, 11) is -1.96. The van der Waals surface area contributed by atoms with Crippen LogP contribution in [0.15, 0.2) is 72.8 Å². The van der Waals surface area contributed by atoms with Gasteiger partial charge in [-0.05, 0) is 125 Å². The fourth-order valence-corrected chi connectivity index (χ4v) is 8.21. The quantitative estimate of drug-likeness (QED) is 0.161. The molecular formula is C51H69O3P. The second-order valence-corrected chi connectivity index (χ2v) is 23.0. The van der Waals surface area contributed by atoms with Gasteiger partial charge in [-0.2, -0.15) is 0 Å². The maximum absolute atomic E-state index is 7.15. The molecule has 0 atom stereocenters. The van der Waals surface area contributed by atoms with Crippen molar-refractivity contribution >= 4 is 30.1 Å². The van der Waals surface area contributed by atoms with E-state index in [1.54, 1.807) is 0 Å². The Bertz CT molecular complexity index is 2060. The maximum atomic E-state index is 7.15. The molecule has 0 spiro atoms. The van der Waals surface area contributed by atoms with Crippen molar-refractivity contribution in [3.63, 3.8) is 0 Å². The van der Waals surface area contributed by atoms with Crippen molar-refractivity contribution in [1.82, 2.24) is 0 Å². The first-order valence-electron chi connectivity index (χ1n) is 20.1. The first-order valence-corrected chi connectivity index (χ1v) is 21.2. The number of hydrogen-bond acceptors (Lipinski definition) is 3. The van der Waals surface area contributed by atoms with E-state index >= 15 is 0 Å². The predicted octanol–water partition coefficient (Wildman–Crippen LogP) is 15.9. The molecule has 0 unspecified atom stereocenters. The Hall–Kier alpha value is -3.55. The lowest BCUT2D eigenvalue weighted by Gasteiger charge is -2.31. The Kier molecular flexibility index (Phi) is 11.2. The van der Waals surface area contributed by atoms with Crippen LogP contribution < -0.4 is 13.6 Å². The summed E-state index contributed by atoms with van der Waals surface area (Å²) in [4.78, 5) is 0. The van der Waals surface area contributed by atoms with Crippen molar-refractivity contribution in [3.05, 3.63) is 112 Å². The molecule has 0 saturated heterocycles. The van der Waals surface area contributed by atoms with Gasteiger partial charge in [-0.15, -0.1) is 0 Å². The van der Waals surface area contributed by atoms with Gasteiger partial charge in [0.1, 0.15) is 17.2 Å². The highest BCUT2D eigenvalue weighted by Crippen LogP contribution is 2.50. The van der Waals surface area contributed by atoms with Crippen LogP contribution >= 0.6 is 8.60 Å². The molecule has 0 bridgehead atoms. The van der Waals surface area contributed by atoms with Gasteiger partial charge in [0.15, 0.2) is 0 Å². The standard InChI is InChI=1S/C51H69O3P/c1-32-21-20-22-37(23-32)52-55(53-44-30-38-33(26-42(44)50(14,15)16)24-35(46(2,3)4)28-40(38)48(8,9)10)54-45-31-39-34(27-43(45)51(17,18)19)25-36(47(5,6)7)29-41(39)49(11,12)13/h20-31H,1-19H3. The van der Waals surface area contributed by atoms with Crippen molar-refractivity contribution < 1.29 is 13.6 Å². The van der Waals surface area contributed by atoms with Crippen LogP contribution in [0.25, 0.3) is 21.5 Å². The lowest BCUT2D eigenvalue weighted by molar-refractivity contribution is 0.377. The van der Waals surface area contributed by atoms with E-state index in [9.17, 15) is 0 Å². The number of fused-ring (bicyclic) bond motifs is 2. The molecule has 0 N–H and O–H groups in total. The Morgan fingerprint density at radius 3 is 1.09 bits per heavy atom. The molecule has 4 heteroatoms. The highest BCUT2D eigenvalue weighted by molar-refractivity contribution is 7.43. The van der Waals surface area contributed by atoms with Crippen LogP contribution in [0.2, 0.25) is 0 Å². The average Bonchev–Trinajstić information content (AvgIpc) is 3.00. The van der Waals surface area contributed by atoms with Crippen LogP contribution in [0.3, 0.4) is 0 Å².